The highest BCUT2D eigenvalue weighted by molar-refractivity contribution is 9.10. The molecule has 0 aliphatic rings. The number of aliphatic hydroxyl groups is 1. The van der Waals surface area contributed by atoms with Gasteiger partial charge in [0, 0.05) is 0 Å². The van der Waals surface area contributed by atoms with Gasteiger partial charge in [-0.2, -0.15) is 0 Å². The van der Waals surface area contributed by atoms with Crippen LogP contribution >= 0.6 is 15.9 Å². The maximum atomic E-state index is 10.8. The minimum absolute atomic E-state index is 0.149. The Morgan fingerprint density at radius 1 is 1.67 bits per heavy atom. The van der Waals surface area contributed by atoms with Gasteiger partial charge in [0.05, 0.1) is 11.4 Å². The number of carbonyl (C=O) groups excluding carboxylic acids is 2. The van der Waals surface area contributed by atoms with E-state index in [1.807, 2.05) is 0 Å². The summed E-state index contributed by atoms with van der Waals surface area (Å²) < 4.78 is 0. The zero-order chi connectivity index (χ0) is 9.72. The fourth-order valence-electron chi connectivity index (χ4n) is 0.438. The van der Waals surface area contributed by atoms with Crippen molar-refractivity contribution >= 4 is 27.7 Å². The van der Waals surface area contributed by atoms with Crippen LogP contribution in [-0.4, -0.2) is 34.4 Å². The third-order valence-electron chi connectivity index (χ3n) is 1.16. The Balaban J connectivity index is 3.69. The number of halogens is 1. The smallest absolute Gasteiger partial charge is 0.248 e. The van der Waals surface area contributed by atoms with E-state index in [1.54, 1.807) is 6.92 Å². The molecule has 0 saturated heterocycles. The molecule has 0 fully saturated rings. The summed E-state index contributed by atoms with van der Waals surface area (Å²) in [6, 6.07) is 0. The van der Waals surface area contributed by atoms with E-state index in [0.717, 1.165) is 0 Å². The lowest BCUT2D eigenvalue weighted by molar-refractivity contribution is -0.126. The average Bonchev–Trinajstić information content (AvgIpc) is 1.98. The summed E-state index contributed by atoms with van der Waals surface area (Å²) in [6.07, 6.45) is -1.32. The van der Waals surface area contributed by atoms with Crippen LogP contribution in [0.3, 0.4) is 0 Å². The molecule has 0 saturated carbocycles. The lowest BCUT2D eigenvalue weighted by atomic mass is 10.3. The average molecular weight is 239 g/mol. The van der Waals surface area contributed by atoms with Gasteiger partial charge >= 0.3 is 0 Å². The van der Waals surface area contributed by atoms with E-state index in [-0.39, 0.29) is 17.3 Å². The van der Waals surface area contributed by atoms with Crippen molar-refractivity contribution in [2.75, 3.05) is 6.54 Å². The summed E-state index contributed by atoms with van der Waals surface area (Å²) in [5.41, 5.74) is 4.75. The van der Waals surface area contributed by atoms with Crippen molar-refractivity contribution in [3.63, 3.8) is 0 Å². The Bertz CT molecular complexity index is 184. The van der Waals surface area contributed by atoms with Gasteiger partial charge in [0.25, 0.3) is 0 Å². The molecule has 0 aliphatic carbocycles. The first kappa shape index (κ1) is 11.4. The molecule has 0 aromatic carbocycles. The second kappa shape index (κ2) is 5.10. The topological polar surface area (TPSA) is 92.4 Å². The van der Waals surface area contributed by atoms with Crippen molar-refractivity contribution in [3.05, 3.63) is 0 Å². The highest BCUT2D eigenvalue weighted by atomic mass is 79.9. The minimum Gasteiger partial charge on any atom is -0.381 e. The van der Waals surface area contributed by atoms with Gasteiger partial charge in [0.15, 0.2) is 0 Å². The Labute approximate surface area is 78.4 Å². The van der Waals surface area contributed by atoms with Crippen LogP contribution in [0.1, 0.15) is 6.92 Å². The SMILES string of the molecule is CC(Br)C(=O)NCC(O)C(N)=O. The number of carbonyl (C=O) groups is 2. The molecule has 6 heteroatoms. The molecule has 12 heavy (non-hydrogen) atoms. The molecule has 2 unspecified atom stereocenters. The number of aliphatic hydroxyl groups excluding tert-OH is 1. The lowest BCUT2D eigenvalue weighted by Gasteiger charge is -2.08. The van der Waals surface area contributed by atoms with E-state index in [9.17, 15) is 9.59 Å². The van der Waals surface area contributed by atoms with Gasteiger partial charge in [-0.05, 0) is 6.92 Å². The summed E-state index contributed by atoms with van der Waals surface area (Å²) in [4.78, 5) is 20.8. The lowest BCUT2D eigenvalue weighted by Crippen LogP contribution is -2.41. The molecule has 0 aromatic rings. The normalized spacial score (nSPS) is 14.9. The van der Waals surface area contributed by atoms with Crippen molar-refractivity contribution in [2.24, 2.45) is 5.73 Å². The van der Waals surface area contributed by atoms with Crippen LogP contribution in [0.5, 0.6) is 0 Å². The molecule has 0 aromatic heterocycles. The maximum Gasteiger partial charge on any atom is 0.248 e. The molecule has 0 radical (unpaired) electrons. The van der Waals surface area contributed by atoms with Crippen LogP contribution in [0.2, 0.25) is 0 Å². The number of alkyl halides is 1. The van der Waals surface area contributed by atoms with Crippen molar-refractivity contribution in [3.8, 4) is 0 Å². The van der Waals surface area contributed by atoms with Crippen LogP contribution in [0.25, 0.3) is 0 Å². The fourth-order valence-corrected chi connectivity index (χ4v) is 0.600. The molecule has 2 amide bonds. The summed E-state index contributed by atoms with van der Waals surface area (Å²) in [6.45, 7) is 1.48. The number of hydrogen-bond acceptors (Lipinski definition) is 3. The first-order valence-electron chi connectivity index (χ1n) is 3.34. The van der Waals surface area contributed by atoms with E-state index in [1.165, 1.54) is 0 Å². The molecule has 2 atom stereocenters. The van der Waals surface area contributed by atoms with Crippen molar-refractivity contribution in [1.29, 1.82) is 0 Å². The molecule has 4 N–H and O–H groups in total. The van der Waals surface area contributed by atoms with Gasteiger partial charge in [-0.25, -0.2) is 0 Å². The Hall–Kier alpha value is -0.620. The van der Waals surface area contributed by atoms with E-state index in [4.69, 9.17) is 10.8 Å². The number of nitrogens with two attached hydrogens (primary N) is 1. The van der Waals surface area contributed by atoms with Gasteiger partial charge in [-0.3, -0.25) is 9.59 Å². The van der Waals surface area contributed by atoms with Gasteiger partial charge in [-0.15, -0.1) is 0 Å². The number of nitrogens with one attached hydrogen (secondary N) is 1. The fraction of sp³-hybridized carbons (Fsp3) is 0.667. The van der Waals surface area contributed by atoms with E-state index in [0.29, 0.717) is 0 Å². The van der Waals surface area contributed by atoms with Crippen LogP contribution in [0.4, 0.5) is 0 Å². The Morgan fingerprint density at radius 3 is 2.50 bits per heavy atom. The minimum atomic E-state index is -1.32. The number of rotatable bonds is 4. The molecule has 0 aliphatic heterocycles. The molecule has 0 heterocycles. The van der Waals surface area contributed by atoms with Crippen molar-refractivity contribution < 1.29 is 14.7 Å². The number of primary amides is 1. The molecule has 70 valence electrons. The Morgan fingerprint density at radius 2 is 2.17 bits per heavy atom. The van der Waals surface area contributed by atoms with E-state index >= 15 is 0 Å². The third kappa shape index (κ3) is 4.30. The number of amides is 2. The zero-order valence-electron chi connectivity index (χ0n) is 6.58. The Kier molecular flexibility index (Phi) is 4.84. The predicted molar refractivity (Wildman–Crippen MR) is 46.6 cm³/mol. The van der Waals surface area contributed by atoms with Crippen LogP contribution < -0.4 is 11.1 Å². The molecular formula is C6H11BrN2O3. The second-order valence-electron chi connectivity index (χ2n) is 2.28. The summed E-state index contributed by atoms with van der Waals surface area (Å²) in [7, 11) is 0. The standard InChI is InChI=1S/C6H11BrN2O3/c1-3(7)6(12)9-2-4(10)5(8)11/h3-4,10H,2H2,1H3,(H2,8,11)(H,9,12). The number of hydrogen-bond donors (Lipinski definition) is 3. The van der Waals surface area contributed by atoms with E-state index < -0.39 is 12.0 Å². The van der Waals surface area contributed by atoms with Crippen molar-refractivity contribution in [2.45, 2.75) is 17.9 Å². The first-order valence-corrected chi connectivity index (χ1v) is 4.26. The molecule has 5 nitrogen and oxygen atoms in total. The van der Waals surface area contributed by atoms with Gasteiger partial charge in [0.2, 0.25) is 11.8 Å². The largest absolute Gasteiger partial charge is 0.381 e. The maximum absolute atomic E-state index is 10.8. The summed E-state index contributed by atoms with van der Waals surface area (Å²) in [5, 5.41) is 11.2. The van der Waals surface area contributed by atoms with Gasteiger partial charge < -0.3 is 16.2 Å². The highest BCUT2D eigenvalue weighted by Gasteiger charge is 2.13. The van der Waals surface area contributed by atoms with Crippen molar-refractivity contribution in [1.82, 2.24) is 5.32 Å². The van der Waals surface area contributed by atoms with Crippen LogP contribution in [0.15, 0.2) is 0 Å². The summed E-state index contributed by atoms with van der Waals surface area (Å²) >= 11 is 3.02. The van der Waals surface area contributed by atoms with Crippen LogP contribution in [-0.2, 0) is 9.59 Å². The zero-order valence-corrected chi connectivity index (χ0v) is 8.17. The van der Waals surface area contributed by atoms with Gasteiger partial charge in [0.1, 0.15) is 6.10 Å². The summed E-state index contributed by atoms with van der Waals surface area (Å²) in [5.74, 6) is -1.15. The van der Waals surface area contributed by atoms with Gasteiger partial charge in [-0.1, -0.05) is 15.9 Å². The van der Waals surface area contributed by atoms with Crippen LogP contribution in [0, 0.1) is 0 Å². The molecule has 0 bridgehead atoms. The quantitative estimate of drug-likeness (QED) is 0.534. The highest BCUT2D eigenvalue weighted by Crippen LogP contribution is 1.95. The molecule has 0 spiro atoms. The first-order chi connectivity index (χ1) is 5.45. The van der Waals surface area contributed by atoms with E-state index in [2.05, 4.69) is 21.2 Å². The predicted octanol–water partition coefficient (Wildman–Crippen LogP) is -1.27. The molecular weight excluding hydrogens is 228 g/mol. The second-order valence-corrected chi connectivity index (χ2v) is 3.65. The third-order valence-corrected chi connectivity index (χ3v) is 1.58. The molecule has 0 rings (SSSR count). The monoisotopic (exact) mass is 238 g/mol.